The monoisotopic (exact) mass is 480 g/mol. The Bertz CT molecular complexity index is 1360. The second-order valence-corrected chi connectivity index (χ2v) is 8.91. The SMILES string of the molecule is O=C1c2ccc(C=Cc3ccc(Cl)cc3)cc2C(=O)c2ccc(C=Cc3ccc(Cl)cc3)cc21. The summed E-state index contributed by atoms with van der Waals surface area (Å²) < 4.78 is 0. The minimum atomic E-state index is -0.139. The van der Waals surface area contributed by atoms with Gasteiger partial charge in [-0.25, -0.2) is 0 Å². The molecular formula is C30H18Cl2O2. The summed E-state index contributed by atoms with van der Waals surface area (Å²) in [4.78, 5) is 26.4. The van der Waals surface area contributed by atoms with Gasteiger partial charge in [-0.1, -0.05) is 83.9 Å². The van der Waals surface area contributed by atoms with Gasteiger partial charge in [0.2, 0.25) is 0 Å². The third-order valence-electron chi connectivity index (χ3n) is 5.74. The minimum absolute atomic E-state index is 0.139. The van der Waals surface area contributed by atoms with E-state index >= 15 is 0 Å². The lowest BCUT2D eigenvalue weighted by Crippen LogP contribution is -2.21. The Morgan fingerprint density at radius 2 is 0.735 bits per heavy atom. The molecule has 4 aromatic rings. The quantitative estimate of drug-likeness (QED) is 0.243. The normalized spacial score (nSPS) is 12.9. The highest BCUT2D eigenvalue weighted by Gasteiger charge is 2.29. The Morgan fingerprint density at radius 1 is 0.412 bits per heavy atom. The number of rotatable bonds is 4. The van der Waals surface area contributed by atoms with E-state index in [0.717, 1.165) is 22.3 Å². The van der Waals surface area contributed by atoms with E-state index in [0.29, 0.717) is 32.3 Å². The molecule has 0 atom stereocenters. The molecule has 0 saturated carbocycles. The molecule has 0 radical (unpaired) electrons. The second kappa shape index (κ2) is 9.26. The fourth-order valence-corrected chi connectivity index (χ4v) is 4.18. The molecule has 0 aliphatic heterocycles. The standard InChI is InChI=1S/C30H18Cl2O2/c31-23-11-5-19(6-12-23)1-3-21-9-15-25-27(17-21)29(33)26-16-10-22(18-28(26)30(25)34)4-2-20-7-13-24(32)14-8-20/h1-18H. The summed E-state index contributed by atoms with van der Waals surface area (Å²) in [5.41, 5.74) is 5.41. The van der Waals surface area contributed by atoms with Crippen LogP contribution in [0.4, 0.5) is 0 Å². The molecule has 0 amide bonds. The van der Waals surface area contributed by atoms with Crippen LogP contribution in [0.25, 0.3) is 24.3 Å². The van der Waals surface area contributed by atoms with E-state index in [9.17, 15) is 9.59 Å². The van der Waals surface area contributed by atoms with Gasteiger partial charge in [-0.2, -0.15) is 0 Å². The summed E-state index contributed by atoms with van der Waals surface area (Å²) in [6.07, 6.45) is 7.73. The molecule has 1 aliphatic rings. The van der Waals surface area contributed by atoms with Crippen LogP contribution >= 0.6 is 23.2 Å². The van der Waals surface area contributed by atoms with Gasteiger partial charge in [-0.05, 0) is 70.8 Å². The fourth-order valence-electron chi connectivity index (χ4n) is 3.93. The first-order chi connectivity index (χ1) is 16.5. The largest absolute Gasteiger partial charge is 0.289 e. The maximum absolute atomic E-state index is 13.2. The second-order valence-electron chi connectivity index (χ2n) is 8.04. The lowest BCUT2D eigenvalue weighted by atomic mass is 9.82. The summed E-state index contributed by atoms with van der Waals surface area (Å²) in [6.45, 7) is 0. The Morgan fingerprint density at radius 3 is 1.12 bits per heavy atom. The minimum Gasteiger partial charge on any atom is -0.289 e. The lowest BCUT2D eigenvalue weighted by molar-refractivity contribution is 0.0979. The van der Waals surface area contributed by atoms with E-state index in [1.807, 2.05) is 85.0 Å². The van der Waals surface area contributed by atoms with Gasteiger partial charge in [-0.15, -0.1) is 0 Å². The van der Waals surface area contributed by atoms with E-state index in [2.05, 4.69) is 0 Å². The van der Waals surface area contributed by atoms with Crippen molar-refractivity contribution in [3.63, 3.8) is 0 Å². The van der Waals surface area contributed by atoms with Crippen LogP contribution in [-0.4, -0.2) is 11.6 Å². The van der Waals surface area contributed by atoms with Gasteiger partial charge in [-0.3, -0.25) is 9.59 Å². The van der Waals surface area contributed by atoms with Crippen LogP contribution in [-0.2, 0) is 0 Å². The first kappa shape index (κ1) is 22.1. The van der Waals surface area contributed by atoms with Gasteiger partial charge in [0.05, 0.1) is 0 Å². The molecule has 0 saturated heterocycles. The van der Waals surface area contributed by atoms with Crippen LogP contribution in [0.15, 0.2) is 84.9 Å². The van der Waals surface area contributed by atoms with Gasteiger partial charge in [0, 0.05) is 32.3 Å². The van der Waals surface area contributed by atoms with Gasteiger partial charge in [0.25, 0.3) is 0 Å². The lowest BCUT2D eigenvalue weighted by Gasteiger charge is -2.18. The molecule has 34 heavy (non-hydrogen) atoms. The van der Waals surface area contributed by atoms with Crippen LogP contribution in [0.2, 0.25) is 10.0 Å². The van der Waals surface area contributed by atoms with Gasteiger partial charge >= 0.3 is 0 Å². The molecule has 4 heteroatoms. The van der Waals surface area contributed by atoms with Crippen molar-refractivity contribution in [3.8, 4) is 0 Å². The molecule has 0 N–H and O–H groups in total. The van der Waals surface area contributed by atoms with E-state index in [4.69, 9.17) is 23.2 Å². The van der Waals surface area contributed by atoms with Gasteiger partial charge in [0.1, 0.15) is 0 Å². The van der Waals surface area contributed by atoms with Gasteiger partial charge in [0.15, 0.2) is 11.6 Å². The van der Waals surface area contributed by atoms with Crippen LogP contribution in [0.1, 0.15) is 54.1 Å². The molecule has 164 valence electrons. The van der Waals surface area contributed by atoms with Gasteiger partial charge < -0.3 is 0 Å². The highest BCUT2D eigenvalue weighted by molar-refractivity contribution is 6.31. The van der Waals surface area contributed by atoms with Crippen molar-refractivity contribution in [2.24, 2.45) is 0 Å². The number of hydrogen-bond donors (Lipinski definition) is 0. The Hall–Kier alpha value is -3.72. The predicted molar refractivity (Wildman–Crippen MR) is 141 cm³/mol. The third-order valence-corrected chi connectivity index (χ3v) is 6.25. The molecule has 5 rings (SSSR count). The zero-order chi connectivity index (χ0) is 23.7. The summed E-state index contributed by atoms with van der Waals surface area (Å²) in [5.74, 6) is -0.279. The van der Waals surface area contributed by atoms with Crippen molar-refractivity contribution in [3.05, 3.63) is 139 Å². The molecule has 0 fully saturated rings. The van der Waals surface area contributed by atoms with Crippen molar-refractivity contribution >= 4 is 59.1 Å². The van der Waals surface area contributed by atoms with Crippen molar-refractivity contribution in [1.29, 1.82) is 0 Å². The van der Waals surface area contributed by atoms with E-state index in [1.165, 1.54) is 0 Å². The molecule has 2 nitrogen and oxygen atoms in total. The van der Waals surface area contributed by atoms with Crippen LogP contribution in [0.5, 0.6) is 0 Å². The summed E-state index contributed by atoms with van der Waals surface area (Å²) >= 11 is 11.9. The number of carbonyl (C=O) groups excluding carboxylic acids is 2. The molecule has 1 aliphatic carbocycles. The first-order valence-corrected chi connectivity index (χ1v) is 11.5. The predicted octanol–water partition coefficient (Wildman–Crippen LogP) is 8.11. The molecule has 0 aromatic heterocycles. The number of ketones is 2. The van der Waals surface area contributed by atoms with Crippen molar-refractivity contribution in [2.75, 3.05) is 0 Å². The average Bonchev–Trinajstić information content (AvgIpc) is 2.86. The zero-order valence-electron chi connectivity index (χ0n) is 18.0. The van der Waals surface area contributed by atoms with Crippen LogP contribution < -0.4 is 0 Å². The average molecular weight is 481 g/mol. The fraction of sp³-hybridized carbons (Fsp3) is 0. The van der Waals surface area contributed by atoms with Crippen LogP contribution in [0, 0.1) is 0 Å². The Balaban J connectivity index is 1.42. The number of hydrogen-bond acceptors (Lipinski definition) is 2. The zero-order valence-corrected chi connectivity index (χ0v) is 19.5. The highest BCUT2D eigenvalue weighted by Crippen LogP contribution is 2.30. The van der Waals surface area contributed by atoms with Crippen LogP contribution in [0.3, 0.4) is 0 Å². The smallest absolute Gasteiger partial charge is 0.194 e. The molecular weight excluding hydrogens is 463 g/mol. The number of halogens is 2. The summed E-state index contributed by atoms with van der Waals surface area (Å²) in [5, 5.41) is 1.36. The number of fused-ring (bicyclic) bond motifs is 2. The maximum Gasteiger partial charge on any atom is 0.194 e. The van der Waals surface area contributed by atoms with Crippen molar-refractivity contribution in [1.82, 2.24) is 0 Å². The van der Waals surface area contributed by atoms with Crippen molar-refractivity contribution < 1.29 is 9.59 Å². The van der Waals surface area contributed by atoms with E-state index in [1.54, 1.807) is 24.3 Å². The number of carbonyl (C=O) groups is 2. The third kappa shape index (κ3) is 4.51. The molecule has 0 heterocycles. The van der Waals surface area contributed by atoms with Crippen molar-refractivity contribution in [2.45, 2.75) is 0 Å². The molecule has 0 unspecified atom stereocenters. The Kier molecular flexibility index (Phi) is 6.02. The summed E-state index contributed by atoms with van der Waals surface area (Å²) in [7, 11) is 0. The van der Waals surface area contributed by atoms with E-state index in [-0.39, 0.29) is 11.6 Å². The number of benzene rings is 4. The highest BCUT2D eigenvalue weighted by atomic mass is 35.5. The summed E-state index contributed by atoms with van der Waals surface area (Å²) in [6, 6.07) is 25.7. The molecule has 0 spiro atoms. The maximum atomic E-state index is 13.2. The first-order valence-electron chi connectivity index (χ1n) is 10.7. The molecule has 4 aromatic carbocycles. The van der Waals surface area contributed by atoms with E-state index < -0.39 is 0 Å². The topological polar surface area (TPSA) is 34.1 Å². The Labute approximate surface area is 207 Å². The molecule has 0 bridgehead atoms.